The first-order chi connectivity index (χ1) is 8.06. The van der Waals surface area contributed by atoms with Gasteiger partial charge in [0.15, 0.2) is 5.82 Å². The number of nitrogens with two attached hydrogens (primary N) is 1. The molecule has 0 fully saturated rings. The lowest BCUT2D eigenvalue weighted by Crippen LogP contribution is -2.13. The fourth-order valence-electron chi connectivity index (χ4n) is 1.17. The van der Waals surface area contributed by atoms with Crippen molar-refractivity contribution < 1.29 is 23.0 Å². The quantitative estimate of drug-likeness (QED) is 0.487. The molecule has 6 heteroatoms. The van der Waals surface area contributed by atoms with Crippen molar-refractivity contribution in [3.8, 4) is 0 Å². The van der Waals surface area contributed by atoms with Crippen LogP contribution >= 0.6 is 0 Å². The van der Waals surface area contributed by atoms with Crippen LogP contribution in [0.25, 0.3) is 0 Å². The zero-order valence-corrected chi connectivity index (χ0v) is 9.33. The SMILES string of the molecule is CCOCCOC(=O)c1cc(F)cc(N)c1F. The van der Waals surface area contributed by atoms with E-state index in [1.165, 1.54) is 0 Å². The maximum absolute atomic E-state index is 13.4. The number of rotatable bonds is 5. The average Bonchev–Trinajstić information content (AvgIpc) is 2.29. The number of ether oxygens (including phenoxy) is 2. The van der Waals surface area contributed by atoms with Crippen LogP contribution in [0, 0.1) is 11.6 Å². The highest BCUT2D eigenvalue weighted by atomic mass is 19.1. The van der Waals surface area contributed by atoms with Crippen molar-refractivity contribution in [3.63, 3.8) is 0 Å². The van der Waals surface area contributed by atoms with E-state index in [9.17, 15) is 13.6 Å². The first-order valence-corrected chi connectivity index (χ1v) is 5.05. The van der Waals surface area contributed by atoms with Gasteiger partial charge in [-0.05, 0) is 19.1 Å². The summed E-state index contributed by atoms with van der Waals surface area (Å²) >= 11 is 0. The van der Waals surface area contributed by atoms with Gasteiger partial charge in [-0.3, -0.25) is 0 Å². The highest BCUT2D eigenvalue weighted by molar-refractivity contribution is 5.90. The van der Waals surface area contributed by atoms with Crippen molar-refractivity contribution in [1.82, 2.24) is 0 Å². The van der Waals surface area contributed by atoms with Gasteiger partial charge in [-0.1, -0.05) is 0 Å². The summed E-state index contributed by atoms with van der Waals surface area (Å²) in [4.78, 5) is 11.4. The number of carbonyl (C=O) groups is 1. The topological polar surface area (TPSA) is 61.5 Å². The molecule has 0 atom stereocenters. The second-order valence-electron chi connectivity index (χ2n) is 3.19. The van der Waals surface area contributed by atoms with Crippen LogP contribution in [0.4, 0.5) is 14.5 Å². The zero-order valence-electron chi connectivity index (χ0n) is 9.33. The highest BCUT2D eigenvalue weighted by Gasteiger charge is 2.17. The van der Waals surface area contributed by atoms with Crippen LogP contribution in [0.1, 0.15) is 17.3 Å². The predicted molar refractivity (Wildman–Crippen MR) is 57.5 cm³/mol. The van der Waals surface area contributed by atoms with E-state index < -0.39 is 28.9 Å². The third kappa shape index (κ3) is 3.67. The van der Waals surface area contributed by atoms with E-state index in [0.717, 1.165) is 12.1 Å². The molecule has 0 saturated heterocycles. The Balaban J connectivity index is 2.69. The smallest absolute Gasteiger partial charge is 0.341 e. The molecule has 4 nitrogen and oxygen atoms in total. The lowest BCUT2D eigenvalue weighted by atomic mass is 10.2. The third-order valence-corrected chi connectivity index (χ3v) is 1.95. The van der Waals surface area contributed by atoms with E-state index in [1.807, 2.05) is 0 Å². The summed E-state index contributed by atoms with van der Waals surface area (Å²) in [7, 11) is 0. The fraction of sp³-hybridized carbons (Fsp3) is 0.364. The molecule has 17 heavy (non-hydrogen) atoms. The van der Waals surface area contributed by atoms with Gasteiger partial charge >= 0.3 is 5.97 Å². The van der Waals surface area contributed by atoms with Gasteiger partial charge in [0.25, 0.3) is 0 Å². The summed E-state index contributed by atoms with van der Waals surface area (Å²) in [5, 5.41) is 0. The molecular formula is C11H13F2NO3. The molecule has 0 bridgehead atoms. The first-order valence-electron chi connectivity index (χ1n) is 5.05. The van der Waals surface area contributed by atoms with Crippen molar-refractivity contribution in [1.29, 1.82) is 0 Å². The summed E-state index contributed by atoms with van der Waals surface area (Å²) in [6.07, 6.45) is 0. The Labute approximate surface area is 97.3 Å². The van der Waals surface area contributed by atoms with Gasteiger partial charge in [0.1, 0.15) is 18.0 Å². The average molecular weight is 245 g/mol. The second kappa shape index (κ2) is 6.15. The van der Waals surface area contributed by atoms with Crippen LogP contribution in [0.15, 0.2) is 12.1 Å². The fourth-order valence-corrected chi connectivity index (χ4v) is 1.17. The maximum atomic E-state index is 13.4. The van der Waals surface area contributed by atoms with Gasteiger partial charge in [0.05, 0.1) is 12.3 Å². The van der Waals surface area contributed by atoms with Crippen LogP contribution in [-0.4, -0.2) is 25.8 Å². The van der Waals surface area contributed by atoms with E-state index in [1.54, 1.807) is 6.92 Å². The predicted octanol–water partition coefficient (Wildman–Crippen LogP) is 1.74. The van der Waals surface area contributed by atoms with Gasteiger partial charge in [-0.25, -0.2) is 13.6 Å². The molecule has 2 N–H and O–H groups in total. The molecule has 0 amide bonds. The van der Waals surface area contributed by atoms with Crippen LogP contribution < -0.4 is 5.73 Å². The van der Waals surface area contributed by atoms with E-state index in [2.05, 4.69) is 0 Å². The van der Waals surface area contributed by atoms with E-state index in [4.69, 9.17) is 15.2 Å². The van der Waals surface area contributed by atoms with Crippen molar-refractivity contribution >= 4 is 11.7 Å². The molecule has 0 saturated carbocycles. The second-order valence-corrected chi connectivity index (χ2v) is 3.19. The van der Waals surface area contributed by atoms with Gasteiger partial charge in [-0.15, -0.1) is 0 Å². The van der Waals surface area contributed by atoms with E-state index >= 15 is 0 Å². The maximum Gasteiger partial charge on any atom is 0.341 e. The molecule has 1 aromatic carbocycles. The van der Waals surface area contributed by atoms with Crippen molar-refractivity contribution in [2.75, 3.05) is 25.6 Å². The lowest BCUT2D eigenvalue weighted by molar-refractivity contribution is 0.0330. The molecule has 0 spiro atoms. The molecule has 0 heterocycles. The number of hydrogen-bond acceptors (Lipinski definition) is 4. The largest absolute Gasteiger partial charge is 0.460 e. The third-order valence-electron chi connectivity index (χ3n) is 1.95. The Hall–Kier alpha value is -1.69. The minimum absolute atomic E-state index is 0.0253. The summed E-state index contributed by atoms with van der Waals surface area (Å²) in [5.41, 5.74) is 4.24. The summed E-state index contributed by atoms with van der Waals surface area (Å²) in [5.74, 6) is -2.73. The van der Waals surface area contributed by atoms with Gasteiger partial charge in [-0.2, -0.15) is 0 Å². The highest BCUT2D eigenvalue weighted by Crippen LogP contribution is 2.18. The number of hydrogen-bond donors (Lipinski definition) is 1. The van der Waals surface area contributed by atoms with Crippen molar-refractivity contribution in [2.45, 2.75) is 6.92 Å². The number of esters is 1. The van der Waals surface area contributed by atoms with Crippen LogP contribution in [0.5, 0.6) is 0 Å². The van der Waals surface area contributed by atoms with Crippen LogP contribution in [0.3, 0.4) is 0 Å². The molecule has 0 aliphatic heterocycles. The van der Waals surface area contributed by atoms with E-state index in [-0.39, 0.29) is 13.2 Å². The van der Waals surface area contributed by atoms with Crippen LogP contribution in [-0.2, 0) is 9.47 Å². The summed E-state index contributed by atoms with van der Waals surface area (Å²) in [6, 6.07) is 1.54. The van der Waals surface area contributed by atoms with Gasteiger partial charge in [0.2, 0.25) is 0 Å². The molecule has 0 aromatic heterocycles. The number of nitrogen functional groups attached to an aromatic ring is 1. The molecule has 0 radical (unpaired) electrons. The van der Waals surface area contributed by atoms with Gasteiger partial charge in [0, 0.05) is 6.61 Å². The first kappa shape index (κ1) is 13.4. The molecule has 94 valence electrons. The number of anilines is 1. The van der Waals surface area contributed by atoms with Gasteiger partial charge < -0.3 is 15.2 Å². The summed E-state index contributed by atoms with van der Waals surface area (Å²) in [6.45, 7) is 2.45. The molecule has 0 aliphatic carbocycles. The molecule has 1 rings (SSSR count). The molecular weight excluding hydrogens is 232 g/mol. The molecule has 0 unspecified atom stereocenters. The summed E-state index contributed by atoms with van der Waals surface area (Å²) < 4.78 is 35.9. The normalized spacial score (nSPS) is 10.3. The Morgan fingerprint density at radius 3 is 2.71 bits per heavy atom. The zero-order chi connectivity index (χ0) is 12.8. The Morgan fingerprint density at radius 1 is 1.35 bits per heavy atom. The van der Waals surface area contributed by atoms with E-state index in [0.29, 0.717) is 6.61 Å². The van der Waals surface area contributed by atoms with Crippen LogP contribution in [0.2, 0.25) is 0 Å². The Bertz CT molecular complexity index is 410. The molecule has 0 aliphatic rings. The number of benzene rings is 1. The van der Waals surface area contributed by atoms with Crippen molar-refractivity contribution in [2.24, 2.45) is 0 Å². The Morgan fingerprint density at radius 2 is 2.06 bits per heavy atom. The number of halogens is 2. The standard InChI is InChI=1S/C11H13F2NO3/c1-2-16-3-4-17-11(15)8-5-7(12)6-9(14)10(8)13/h5-6H,2-4,14H2,1H3. The minimum Gasteiger partial charge on any atom is -0.460 e. The Kier molecular flexibility index (Phi) is 4.84. The lowest BCUT2D eigenvalue weighted by Gasteiger charge is -2.07. The van der Waals surface area contributed by atoms with Crippen molar-refractivity contribution in [3.05, 3.63) is 29.3 Å². The minimum atomic E-state index is -0.979. The number of carbonyl (C=O) groups excluding carboxylic acids is 1. The monoisotopic (exact) mass is 245 g/mol. The molecule has 1 aromatic rings.